The van der Waals surface area contributed by atoms with Crippen LogP contribution >= 0.6 is 23.2 Å². The van der Waals surface area contributed by atoms with Crippen LogP contribution in [0.4, 0.5) is 13.2 Å². The van der Waals surface area contributed by atoms with E-state index in [9.17, 15) is 22.8 Å². The fourth-order valence-corrected chi connectivity index (χ4v) is 2.61. The van der Waals surface area contributed by atoms with Crippen LogP contribution in [0, 0.1) is 0 Å². The Bertz CT molecular complexity index is 623. The van der Waals surface area contributed by atoms with Gasteiger partial charge >= 0.3 is 12.1 Å². The summed E-state index contributed by atoms with van der Waals surface area (Å²) in [5.41, 5.74) is 0.301. The van der Waals surface area contributed by atoms with Crippen LogP contribution in [0.3, 0.4) is 0 Å². The first-order chi connectivity index (χ1) is 10.7. The van der Waals surface area contributed by atoms with E-state index in [1.807, 2.05) is 0 Å². The molecule has 4 nitrogen and oxygen atoms in total. The quantitative estimate of drug-likeness (QED) is 0.763. The van der Waals surface area contributed by atoms with Gasteiger partial charge < -0.3 is 9.80 Å². The molecule has 1 aromatic carbocycles. The summed E-state index contributed by atoms with van der Waals surface area (Å²) in [7, 11) is 0. The highest BCUT2D eigenvalue weighted by Gasteiger charge is 2.42. The van der Waals surface area contributed by atoms with Gasteiger partial charge in [0.2, 0.25) is 0 Å². The predicted molar refractivity (Wildman–Crippen MR) is 79.6 cm³/mol. The van der Waals surface area contributed by atoms with Gasteiger partial charge in [-0.25, -0.2) is 0 Å². The monoisotopic (exact) mass is 368 g/mol. The zero-order chi connectivity index (χ0) is 17.2. The van der Waals surface area contributed by atoms with Crippen molar-refractivity contribution in [2.45, 2.75) is 12.6 Å². The number of amides is 2. The van der Waals surface area contributed by atoms with E-state index >= 15 is 0 Å². The lowest BCUT2D eigenvalue weighted by Crippen LogP contribution is -2.43. The van der Waals surface area contributed by atoms with Gasteiger partial charge in [-0.2, -0.15) is 13.2 Å². The highest BCUT2D eigenvalue weighted by Crippen LogP contribution is 2.24. The minimum absolute atomic E-state index is 0.0287. The summed E-state index contributed by atoms with van der Waals surface area (Å²) in [6.45, 7) is 0.0938. The first-order valence-corrected chi connectivity index (χ1v) is 7.56. The molecule has 1 aliphatic heterocycles. The topological polar surface area (TPSA) is 40.6 Å². The third-order valence-electron chi connectivity index (χ3n) is 3.48. The van der Waals surface area contributed by atoms with Crippen molar-refractivity contribution in [2.24, 2.45) is 0 Å². The third-order valence-corrected chi connectivity index (χ3v) is 4.22. The van der Waals surface area contributed by atoms with Gasteiger partial charge in [-0.1, -0.05) is 23.2 Å². The van der Waals surface area contributed by atoms with Crippen molar-refractivity contribution in [1.82, 2.24) is 9.80 Å². The molecule has 0 spiro atoms. The summed E-state index contributed by atoms with van der Waals surface area (Å²) in [4.78, 5) is 25.8. The van der Waals surface area contributed by atoms with Crippen molar-refractivity contribution in [3.05, 3.63) is 33.8 Å². The maximum Gasteiger partial charge on any atom is 0.471 e. The second-order valence-electron chi connectivity index (χ2n) is 5.06. The minimum Gasteiger partial charge on any atom is -0.337 e. The van der Waals surface area contributed by atoms with Crippen molar-refractivity contribution in [3.8, 4) is 0 Å². The van der Waals surface area contributed by atoms with Crippen LogP contribution in [0.2, 0.25) is 10.0 Å². The van der Waals surface area contributed by atoms with E-state index < -0.39 is 12.1 Å². The van der Waals surface area contributed by atoms with Crippen molar-refractivity contribution < 1.29 is 22.8 Å². The molecule has 1 aliphatic rings. The molecular formula is C14H13Cl2F3N2O2. The molecule has 1 fully saturated rings. The zero-order valence-corrected chi connectivity index (χ0v) is 13.4. The Hall–Kier alpha value is -1.47. The van der Waals surface area contributed by atoms with E-state index in [1.165, 1.54) is 23.1 Å². The lowest BCUT2D eigenvalue weighted by Gasteiger charge is -2.23. The molecule has 0 unspecified atom stereocenters. The molecule has 0 aliphatic carbocycles. The van der Waals surface area contributed by atoms with E-state index in [2.05, 4.69) is 0 Å². The maximum absolute atomic E-state index is 12.5. The zero-order valence-electron chi connectivity index (χ0n) is 11.9. The summed E-state index contributed by atoms with van der Waals surface area (Å²) < 4.78 is 37.4. The van der Waals surface area contributed by atoms with Gasteiger partial charge in [-0.3, -0.25) is 9.59 Å². The van der Waals surface area contributed by atoms with Crippen molar-refractivity contribution >= 4 is 35.0 Å². The highest BCUT2D eigenvalue weighted by molar-refractivity contribution is 6.42. The molecule has 1 saturated heterocycles. The van der Waals surface area contributed by atoms with Gasteiger partial charge in [-0.15, -0.1) is 0 Å². The van der Waals surface area contributed by atoms with E-state index in [0.717, 1.165) is 4.90 Å². The first-order valence-electron chi connectivity index (χ1n) is 6.80. The van der Waals surface area contributed by atoms with E-state index in [0.29, 0.717) is 10.6 Å². The minimum atomic E-state index is -4.90. The Morgan fingerprint density at radius 3 is 2.17 bits per heavy atom. The average molecular weight is 369 g/mol. The molecule has 0 radical (unpaired) electrons. The number of halogens is 5. The van der Waals surface area contributed by atoms with Crippen LogP contribution in [-0.2, 0) is 4.79 Å². The van der Waals surface area contributed by atoms with Crippen molar-refractivity contribution in [2.75, 3.05) is 26.2 Å². The highest BCUT2D eigenvalue weighted by atomic mass is 35.5. The molecule has 0 atom stereocenters. The lowest BCUT2D eigenvalue weighted by atomic mass is 10.2. The van der Waals surface area contributed by atoms with Crippen LogP contribution in [-0.4, -0.2) is 54.0 Å². The van der Waals surface area contributed by atoms with E-state index in [4.69, 9.17) is 23.2 Å². The number of carbonyl (C=O) groups excluding carboxylic acids is 2. The lowest BCUT2D eigenvalue weighted by molar-refractivity contribution is -0.185. The normalized spacial score (nSPS) is 16.2. The third kappa shape index (κ3) is 4.29. The molecule has 0 saturated carbocycles. The van der Waals surface area contributed by atoms with Crippen LogP contribution in [0.1, 0.15) is 16.8 Å². The molecule has 1 aromatic rings. The Morgan fingerprint density at radius 1 is 0.957 bits per heavy atom. The summed E-state index contributed by atoms with van der Waals surface area (Å²) in [5, 5.41) is 0.530. The SMILES string of the molecule is O=C(c1ccc(Cl)c(Cl)c1)N1CCCN(C(=O)C(F)(F)F)CC1. The van der Waals surface area contributed by atoms with E-state index in [1.54, 1.807) is 0 Å². The Morgan fingerprint density at radius 2 is 1.57 bits per heavy atom. The standard InChI is InChI=1S/C14H13Cl2F3N2O2/c15-10-3-2-9(8-11(10)16)12(22)20-4-1-5-21(7-6-20)13(23)14(17,18)19/h2-3,8H,1,4-7H2. The predicted octanol–water partition coefficient (Wildman–Crippen LogP) is 3.23. The first kappa shape index (κ1) is 17.9. The van der Waals surface area contributed by atoms with Crippen LogP contribution < -0.4 is 0 Å². The van der Waals surface area contributed by atoms with Gasteiger partial charge in [0.05, 0.1) is 10.0 Å². The van der Waals surface area contributed by atoms with Crippen LogP contribution in [0.25, 0.3) is 0 Å². The van der Waals surface area contributed by atoms with E-state index in [-0.39, 0.29) is 43.5 Å². The fraction of sp³-hybridized carbons (Fsp3) is 0.429. The number of benzene rings is 1. The molecule has 2 rings (SSSR count). The number of hydrogen-bond acceptors (Lipinski definition) is 2. The van der Waals surface area contributed by atoms with Gasteiger partial charge in [0.15, 0.2) is 0 Å². The number of rotatable bonds is 1. The van der Waals surface area contributed by atoms with Gasteiger partial charge in [-0.05, 0) is 24.6 Å². The Balaban J connectivity index is 2.06. The molecule has 0 aromatic heterocycles. The molecule has 126 valence electrons. The van der Waals surface area contributed by atoms with Crippen LogP contribution in [0.15, 0.2) is 18.2 Å². The second-order valence-corrected chi connectivity index (χ2v) is 5.88. The molecule has 1 heterocycles. The summed E-state index contributed by atoms with van der Waals surface area (Å²) in [6, 6.07) is 4.39. The Labute approximate surface area is 140 Å². The molecule has 0 bridgehead atoms. The fourth-order valence-electron chi connectivity index (χ4n) is 2.31. The van der Waals surface area contributed by atoms with Gasteiger partial charge in [0, 0.05) is 31.7 Å². The van der Waals surface area contributed by atoms with Crippen molar-refractivity contribution in [1.29, 1.82) is 0 Å². The van der Waals surface area contributed by atoms with Gasteiger partial charge in [0.25, 0.3) is 5.91 Å². The van der Waals surface area contributed by atoms with Crippen LogP contribution in [0.5, 0.6) is 0 Å². The summed E-state index contributed by atoms with van der Waals surface area (Å²) >= 11 is 11.6. The smallest absolute Gasteiger partial charge is 0.337 e. The number of alkyl halides is 3. The molecule has 0 N–H and O–H groups in total. The summed E-state index contributed by atoms with van der Waals surface area (Å²) in [5.74, 6) is -2.23. The maximum atomic E-state index is 12.5. The Kier molecular flexibility index (Phi) is 5.41. The molecule has 2 amide bonds. The average Bonchev–Trinajstić information content (AvgIpc) is 2.73. The second kappa shape index (κ2) is 6.97. The largest absolute Gasteiger partial charge is 0.471 e. The molecule has 23 heavy (non-hydrogen) atoms. The number of hydrogen-bond donors (Lipinski definition) is 0. The summed E-state index contributed by atoms with van der Waals surface area (Å²) in [6.07, 6.45) is -4.63. The number of carbonyl (C=O) groups is 2. The number of nitrogens with zero attached hydrogens (tertiary/aromatic N) is 2. The molecular weight excluding hydrogens is 356 g/mol. The molecule has 9 heteroatoms. The van der Waals surface area contributed by atoms with Crippen molar-refractivity contribution in [3.63, 3.8) is 0 Å². The van der Waals surface area contributed by atoms with Gasteiger partial charge in [0.1, 0.15) is 0 Å².